The van der Waals surface area contributed by atoms with Gasteiger partial charge in [-0.05, 0) is 28.7 Å². The van der Waals surface area contributed by atoms with E-state index in [0.717, 1.165) is 10.0 Å². The van der Waals surface area contributed by atoms with Crippen molar-refractivity contribution in [3.8, 4) is 0 Å². The van der Waals surface area contributed by atoms with Gasteiger partial charge in [0.2, 0.25) is 0 Å². The summed E-state index contributed by atoms with van der Waals surface area (Å²) in [5.41, 5.74) is 6.81. The maximum absolute atomic E-state index is 8.96. The van der Waals surface area contributed by atoms with E-state index in [1.165, 1.54) is 0 Å². The Morgan fingerprint density at radius 1 is 1.85 bits per heavy atom. The maximum Gasteiger partial charge on any atom is 0.149 e. The SMILES string of the molecule is N=CN=C(N)c1[nH]c(I)cc1CO. The second kappa shape index (κ2) is 4.38. The second-order valence-electron chi connectivity index (χ2n) is 2.32. The molecule has 1 aromatic rings. The van der Waals surface area contributed by atoms with Gasteiger partial charge in [-0.2, -0.15) is 0 Å². The largest absolute Gasteiger partial charge is 0.392 e. The average molecular weight is 292 g/mol. The molecule has 0 bridgehead atoms. The minimum Gasteiger partial charge on any atom is -0.392 e. The number of nitrogens with zero attached hydrogens (tertiary/aromatic N) is 1. The molecule has 5 nitrogen and oxygen atoms in total. The molecule has 5 N–H and O–H groups in total. The van der Waals surface area contributed by atoms with Crippen molar-refractivity contribution in [2.24, 2.45) is 10.7 Å². The van der Waals surface area contributed by atoms with E-state index in [4.69, 9.17) is 16.2 Å². The third-order valence-electron chi connectivity index (χ3n) is 1.50. The quantitative estimate of drug-likeness (QED) is 0.369. The van der Waals surface area contributed by atoms with Crippen molar-refractivity contribution in [2.75, 3.05) is 0 Å². The number of hydrogen-bond acceptors (Lipinski definition) is 2. The molecule has 0 radical (unpaired) electrons. The summed E-state index contributed by atoms with van der Waals surface area (Å²) in [7, 11) is 0. The van der Waals surface area contributed by atoms with Gasteiger partial charge in [0.25, 0.3) is 0 Å². The highest BCUT2D eigenvalue weighted by molar-refractivity contribution is 14.1. The van der Waals surface area contributed by atoms with Gasteiger partial charge in [-0.15, -0.1) is 0 Å². The second-order valence-corrected chi connectivity index (χ2v) is 3.48. The number of amidine groups is 1. The van der Waals surface area contributed by atoms with E-state index in [1.807, 2.05) is 0 Å². The van der Waals surface area contributed by atoms with Crippen molar-refractivity contribution in [1.82, 2.24) is 4.98 Å². The van der Waals surface area contributed by atoms with Gasteiger partial charge in [0.05, 0.1) is 16.0 Å². The number of aliphatic imine (C=N–C) groups is 1. The smallest absolute Gasteiger partial charge is 0.149 e. The molecule has 0 aliphatic carbocycles. The average Bonchev–Trinajstić information content (AvgIpc) is 2.47. The van der Waals surface area contributed by atoms with Gasteiger partial charge in [0.15, 0.2) is 0 Å². The number of H-pyrrole nitrogens is 1. The Morgan fingerprint density at radius 3 is 3.08 bits per heavy atom. The van der Waals surface area contributed by atoms with Crippen LogP contribution in [0, 0.1) is 9.11 Å². The fraction of sp³-hybridized carbons (Fsp3) is 0.143. The number of halogens is 1. The number of aromatic nitrogens is 1. The predicted molar refractivity (Wildman–Crippen MR) is 58.9 cm³/mol. The summed E-state index contributed by atoms with van der Waals surface area (Å²) in [5.74, 6) is 0.210. The van der Waals surface area contributed by atoms with Gasteiger partial charge in [-0.25, -0.2) is 4.99 Å². The van der Waals surface area contributed by atoms with Crippen LogP contribution in [0.5, 0.6) is 0 Å². The van der Waals surface area contributed by atoms with Crippen LogP contribution in [0.15, 0.2) is 11.1 Å². The molecule has 0 aliphatic rings. The first-order chi connectivity index (χ1) is 6.19. The Labute approximate surface area is 88.7 Å². The number of aliphatic hydroxyl groups is 1. The van der Waals surface area contributed by atoms with E-state index in [2.05, 4.69) is 32.6 Å². The Kier molecular flexibility index (Phi) is 3.43. The molecule has 6 heteroatoms. The summed E-state index contributed by atoms with van der Waals surface area (Å²) in [6.07, 6.45) is 0.865. The zero-order valence-corrected chi connectivity index (χ0v) is 8.87. The molecule has 0 saturated carbocycles. The molecular formula is C7H9IN4O. The van der Waals surface area contributed by atoms with Crippen LogP contribution < -0.4 is 5.73 Å². The lowest BCUT2D eigenvalue weighted by atomic mass is 10.2. The third kappa shape index (κ3) is 2.28. The van der Waals surface area contributed by atoms with E-state index < -0.39 is 0 Å². The van der Waals surface area contributed by atoms with Crippen molar-refractivity contribution in [3.63, 3.8) is 0 Å². The topological polar surface area (TPSA) is 98.3 Å². The van der Waals surface area contributed by atoms with Crippen molar-refractivity contribution in [1.29, 1.82) is 5.41 Å². The highest BCUT2D eigenvalue weighted by Gasteiger charge is 2.08. The molecule has 0 aliphatic heterocycles. The lowest BCUT2D eigenvalue weighted by Gasteiger charge is -1.98. The highest BCUT2D eigenvalue weighted by Crippen LogP contribution is 2.12. The Morgan fingerprint density at radius 2 is 2.54 bits per heavy atom. The van der Waals surface area contributed by atoms with Gasteiger partial charge >= 0.3 is 0 Å². The van der Waals surface area contributed by atoms with Crippen molar-refractivity contribution < 1.29 is 5.11 Å². The lowest BCUT2D eigenvalue weighted by Crippen LogP contribution is -2.16. The number of hydrogen-bond donors (Lipinski definition) is 4. The number of rotatable bonds is 3. The zero-order valence-electron chi connectivity index (χ0n) is 6.71. The Bertz CT molecular complexity index is 344. The number of aliphatic hydroxyl groups excluding tert-OH is 1. The molecule has 0 unspecified atom stereocenters. The fourth-order valence-corrected chi connectivity index (χ4v) is 1.59. The Hall–Kier alpha value is -0.890. The Balaban J connectivity index is 3.12. The number of nitrogens with one attached hydrogen (secondary N) is 2. The van der Waals surface area contributed by atoms with Gasteiger partial charge in [-0.1, -0.05) is 0 Å². The van der Waals surface area contributed by atoms with Gasteiger partial charge < -0.3 is 15.8 Å². The minimum atomic E-state index is -0.0942. The molecule has 0 fully saturated rings. The van der Waals surface area contributed by atoms with E-state index in [1.54, 1.807) is 6.07 Å². The molecule has 1 aromatic heterocycles. The maximum atomic E-state index is 8.96. The van der Waals surface area contributed by atoms with E-state index in [9.17, 15) is 0 Å². The zero-order chi connectivity index (χ0) is 9.84. The molecule has 13 heavy (non-hydrogen) atoms. The van der Waals surface area contributed by atoms with Crippen LogP contribution in [0.3, 0.4) is 0 Å². The number of nitrogens with two attached hydrogens (primary N) is 1. The van der Waals surface area contributed by atoms with Crippen LogP contribution in [0.2, 0.25) is 0 Å². The summed E-state index contributed by atoms with van der Waals surface area (Å²) < 4.78 is 0.875. The molecule has 0 aromatic carbocycles. The molecule has 0 spiro atoms. The van der Waals surface area contributed by atoms with E-state index >= 15 is 0 Å². The first-order valence-electron chi connectivity index (χ1n) is 3.50. The summed E-state index contributed by atoms with van der Waals surface area (Å²) in [4.78, 5) is 6.55. The minimum absolute atomic E-state index is 0.0942. The fourth-order valence-electron chi connectivity index (χ4n) is 0.948. The van der Waals surface area contributed by atoms with Crippen LogP contribution in [-0.2, 0) is 6.61 Å². The molecule has 70 valence electrons. The van der Waals surface area contributed by atoms with Crippen LogP contribution in [0.1, 0.15) is 11.3 Å². The van der Waals surface area contributed by atoms with Crippen LogP contribution in [0.25, 0.3) is 0 Å². The standard InChI is InChI=1S/C7H9IN4O/c8-5-1-4(2-13)6(12-5)7(10)11-3-9/h1,3,12-13H,2H2,(H3,9,10,11). The highest BCUT2D eigenvalue weighted by atomic mass is 127. The van der Waals surface area contributed by atoms with Crippen LogP contribution in [0.4, 0.5) is 0 Å². The monoisotopic (exact) mass is 292 g/mol. The van der Waals surface area contributed by atoms with Crippen molar-refractivity contribution >= 4 is 34.8 Å². The van der Waals surface area contributed by atoms with Gasteiger partial charge in [0, 0.05) is 5.56 Å². The van der Waals surface area contributed by atoms with Crippen molar-refractivity contribution in [2.45, 2.75) is 6.61 Å². The molecule has 0 atom stereocenters. The predicted octanol–water partition coefficient (Wildman–Crippen LogP) is 0.424. The molecule has 0 amide bonds. The summed E-state index contributed by atoms with van der Waals surface area (Å²) >= 11 is 2.08. The first kappa shape index (κ1) is 10.2. The first-order valence-corrected chi connectivity index (χ1v) is 4.57. The molecule has 1 heterocycles. The van der Waals surface area contributed by atoms with E-state index in [0.29, 0.717) is 11.3 Å². The summed E-state index contributed by atoms with van der Waals surface area (Å²) in [6.45, 7) is -0.0942. The van der Waals surface area contributed by atoms with Gasteiger partial charge in [-0.3, -0.25) is 5.41 Å². The lowest BCUT2D eigenvalue weighted by molar-refractivity contribution is 0.282. The normalized spacial score (nSPS) is 11.7. The van der Waals surface area contributed by atoms with Crippen molar-refractivity contribution in [3.05, 3.63) is 21.0 Å². The summed E-state index contributed by atoms with van der Waals surface area (Å²) in [6, 6.07) is 1.78. The van der Waals surface area contributed by atoms with Crippen LogP contribution in [-0.4, -0.2) is 22.3 Å². The molecule has 0 saturated heterocycles. The third-order valence-corrected chi connectivity index (χ3v) is 2.08. The summed E-state index contributed by atoms with van der Waals surface area (Å²) in [5, 5.41) is 15.7. The van der Waals surface area contributed by atoms with Crippen LogP contribution >= 0.6 is 22.6 Å². The molecule has 1 rings (SSSR count). The van der Waals surface area contributed by atoms with Gasteiger partial charge in [0.1, 0.15) is 12.2 Å². The number of aromatic amines is 1. The van der Waals surface area contributed by atoms with E-state index in [-0.39, 0.29) is 12.4 Å². The molecular weight excluding hydrogens is 283 g/mol.